The predicted octanol–water partition coefficient (Wildman–Crippen LogP) is 3.84. The van der Waals surface area contributed by atoms with E-state index in [2.05, 4.69) is 18.8 Å². The molecule has 0 saturated carbocycles. The minimum absolute atomic E-state index is 0.275. The first-order valence-electron chi connectivity index (χ1n) is 6.77. The molecular formula is C16H22O3. The first-order chi connectivity index (χ1) is 9.11. The Bertz CT molecular complexity index is 436. The van der Waals surface area contributed by atoms with Gasteiger partial charge in [-0.15, -0.1) is 0 Å². The highest BCUT2D eigenvalue weighted by molar-refractivity contribution is 6.07. The van der Waals surface area contributed by atoms with Crippen LogP contribution >= 0.6 is 0 Å². The van der Waals surface area contributed by atoms with E-state index >= 15 is 0 Å². The number of hydrogen-bond donors (Lipinski definition) is 0. The van der Waals surface area contributed by atoms with E-state index in [1.165, 1.54) is 25.5 Å². The molecule has 0 fully saturated rings. The molecule has 104 valence electrons. The van der Waals surface area contributed by atoms with Crippen molar-refractivity contribution in [1.82, 2.24) is 0 Å². The summed E-state index contributed by atoms with van der Waals surface area (Å²) in [5.74, 6) is 5.51. The molecule has 0 bridgehead atoms. The van der Waals surface area contributed by atoms with Gasteiger partial charge >= 0.3 is 0 Å². The lowest BCUT2D eigenvalue weighted by Crippen LogP contribution is -2.25. The van der Waals surface area contributed by atoms with Gasteiger partial charge in [-0.1, -0.05) is 32.1 Å². The summed E-state index contributed by atoms with van der Waals surface area (Å²) in [4.78, 5) is 11.7. The molecule has 1 atom stereocenters. The van der Waals surface area contributed by atoms with Crippen molar-refractivity contribution in [1.29, 1.82) is 0 Å². The van der Waals surface area contributed by atoms with Crippen LogP contribution in [0.4, 0.5) is 0 Å². The van der Waals surface area contributed by atoms with Gasteiger partial charge in [-0.05, 0) is 37.8 Å². The molecule has 0 aromatic carbocycles. The number of hydrogen-bond acceptors (Lipinski definition) is 3. The second-order valence-electron chi connectivity index (χ2n) is 4.80. The van der Waals surface area contributed by atoms with Crippen molar-refractivity contribution in [3.8, 4) is 11.8 Å². The molecule has 3 nitrogen and oxygen atoms in total. The van der Waals surface area contributed by atoms with E-state index in [0.29, 0.717) is 0 Å². The van der Waals surface area contributed by atoms with Crippen molar-refractivity contribution in [2.75, 3.05) is 7.11 Å². The van der Waals surface area contributed by atoms with Gasteiger partial charge in [-0.3, -0.25) is 4.79 Å². The largest absolute Gasteiger partial charge is 0.460 e. The van der Waals surface area contributed by atoms with Gasteiger partial charge < -0.3 is 9.15 Å². The molecule has 19 heavy (non-hydrogen) atoms. The molecule has 3 heteroatoms. The van der Waals surface area contributed by atoms with Crippen molar-refractivity contribution in [2.24, 2.45) is 0 Å². The molecule has 1 aromatic rings. The quantitative estimate of drug-likeness (QED) is 0.324. The number of furan rings is 1. The average molecular weight is 262 g/mol. The maximum absolute atomic E-state index is 11.7. The molecule has 0 N–H and O–H groups in total. The van der Waals surface area contributed by atoms with E-state index in [1.807, 2.05) is 6.92 Å². The summed E-state index contributed by atoms with van der Waals surface area (Å²) in [6.45, 7) is 4.10. The topological polar surface area (TPSA) is 39.4 Å². The molecule has 0 saturated heterocycles. The Balaban J connectivity index is 2.57. The molecule has 0 aliphatic carbocycles. The van der Waals surface area contributed by atoms with E-state index in [1.54, 1.807) is 19.2 Å². The molecule has 1 aromatic heterocycles. The smallest absolute Gasteiger partial charge is 0.271 e. The van der Waals surface area contributed by atoms with Crippen LogP contribution in [0.15, 0.2) is 22.8 Å². The summed E-state index contributed by atoms with van der Waals surface area (Å²) in [6, 6.07) is 3.29. The fraction of sp³-hybridized carbons (Fsp3) is 0.562. The number of methoxy groups -OCH3 is 1. The first kappa shape index (κ1) is 15.5. The zero-order valence-corrected chi connectivity index (χ0v) is 12.0. The van der Waals surface area contributed by atoms with Gasteiger partial charge in [0.1, 0.15) is 5.60 Å². The Hall–Kier alpha value is -1.53. The first-order valence-corrected chi connectivity index (χ1v) is 6.77. The molecule has 0 aliphatic heterocycles. The minimum atomic E-state index is -0.560. The Kier molecular flexibility index (Phi) is 6.38. The van der Waals surface area contributed by atoms with Crippen molar-refractivity contribution in [3.63, 3.8) is 0 Å². The second kappa shape index (κ2) is 7.81. The Morgan fingerprint density at radius 2 is 2.21 bits per heavy atom. The van der Waals surface area contributed by atoms with Crippen LogP contribution in [0.1, 0.15) is 56.5 Å². The number of rotatable bonds is 7. The summed E-state index contributed by atoms with van der Waals surface area (Å²) >= 11 is 0. The monoisotopic (exact) mass is 262 g/mol. The highest BCUT2D eigenvalue weighted by Crippen LogP contribution is 2.18. The van der Waals surface area contributed by atoms with Crippen LogP contribution in [0, 0.1) is 11.8 Å². The van der Waals surface area contributed by atoms with Crippen molar-refractivity contribution in [2.45, 2.75) is 51.6 Å². The number of Topliss-reactive ketones (excluding diaryl/α,β-unsaturated/α-hetero) is 1. The van der Waals surface area contributed by atoms with E-state index in [0.717, 1.165) is 12.8 Å². The predicted molar refractivity (Wildman–Crippen MR) is 75.0 cm³/mol. The van der Waals surface area contributed by atoms with E-state index in [9.17, 15) is 4.79 Å². The van der Waals surface area contributed by atoms with E-state index in [-0.39, 0.29) is 11.5 Å². The Morgan fingerprint density at radius 3 is 2.79 bits per heavy atom. The van der Waals surface area contributed by atoms with E-state index < -0.39 is 5.60 Å². The standard InChI is InChI=1S/C16H22O3/c1-4-5-6-7-11-16(2,18-3)12-10-14(17)15-9-8-13-19-15/h8-9,13H,4-7,11H2,1-3H3/t16-/m1/s1. The highest BCUT2D eigenvalue weighted by Gasteiger charge is 2.20. The molecule has 0 radical (unpaired) electrons. The summed E-state index contributed by atoms with van der Waals surface area (Å²) in [5.41, 5.74) is -0.560. The maximum Gasteiger partial charge on any atom is 0.271 e. The van der Waals surface area contributed by atoms with Gasteiger partial charge in [0.25, 0.3) is 5.78 Å². The van der Waals surface area contributed by atoms with Crippen LogP contribution in [-0.4, -0.2) is 18.5 Å². The fourth-order valence-electron chi connectivity index (χ4n) is 1.76. The number of ketones is 1. The number of unbranched alkanes of at least 4 members (excludes halogenated alkanes) is 3. The van der Waals surface area contributed by atoms with Gasteiger partial charge in [0.2, 0.25) is 0 Å². The second-order valence-corrected chi connectivity index (χ2v) is 4.80. The molecule has 0 amide bonds. The third-order valence-electron chi connectivity index (χ3n) is 3.14. The molecule has 1 rings (SSSR count). The fourth-order valence-corrected chi connectivity index (χ4v) is 1.76. The molecule has 1 heterocycles. The molecule has 0 aliphatic rings. The number of carbonyl (C=O) groups excluding carboxylic acids is 1. The van der Waals surface area contributed by atoms with Gasteiger partial charge in [-0.25, -0.2) is 0 Å². The minimum Gasteiger partial charge on any atom is -0.460 e. The lowest BCUT2D eigenvalue weighted by Gasteiger charge is -2.21. The molecular weight excluding hydrogens is 240 g/mol. The summed E-state index contributed by atoms with van der Waals surface area (Å²) in [5, 5.41) is 0. The van der Waals surface area contributed by atoms with Crippen LogP contribution in [0.3, 0.4) is 0 Å². The van der Waals surface area contributed by atoms with Gasteiger partial charge in [0, 0.05) is 7.11 Å². The van der Waals surface area contributed by atoms with Gasteiger partial charge in [0.05, 0.1) is 6.26 Å². The average Bonchev–Trinajstić information content (AvgIpc) is 2.95. The van der Waals surface area contributed by atoms with Crippen LogP contribution in [0.2, 0.25) is 0 Å². The van der Waals surface area contributed by atoms with Crippen LogP contribution in [0.25, 0.3) is 0 Å². The van der Waals surface area contributed by atoms with Crippen molar-refractivity contribution < 1.29 is 13.9 Å². The molecule has 0 unspecified atom stereocenters. The normalized spacial score (nSPS) is 13.4. The third-order valence-corrected chi connectivity index (χ3v) is 3.14. The number of carbonyl (C=O) groups is 1. The highest BCUT2D eigenvalue weighted by atomic mass is 16.5. The number of ether oxygens (including phenoxy) is 1. The Labute approximate surface area is 115 Å². The summed E-state index contributed by atoms with van der Waals surface area (Å²) < 4.78 is 10.4. The maximum atomic E-state index is 11.7. The molecule has 0 spiro atoms. The lowest BCUT2D eigenvalue weighted by molar-refractivity contribution is 0.0475. The zero-order valence-electron chi connectivity index (χ0n) is 12.0. The van der Waals surface area contributed by atoms with Crippen LogP contribution in [0.5, 0.6) is 0 Å². The van der Waals surface area contributed by atoms with Crippen molar-refractivity contribution >= 4 is 5.78 Å². The zero-order chi connectivity index (χ0) is 14.1. The van der Waals surface area contributed by atoms with Gasteiger partial charge in [0.15, 0.2) is 5.76 Å². The summed E-state index contributed by atoms with van der Waals surface area (Å²) in [7, 11) is 1.63. The van der Waals surface area contributed by atoms with Crippen LogP contribution in [-0.2, 0) is 4.74 Å². The Morgan fingerprint density at radius 1 is 1.42 bits per heavy atom. The third kappa shape index (κ3) is 5.32. The summed E-state index contributed by atoms with van der Waals surface area (Å²) in [6.07, 6.45) is 6.95. The van der Waals surface area contributed by atoms with Crippen molar-refractivity contribution in [3.05, 3.63) is 24.2 Å². The SMILES string of the molecule is CCCCCC[C@](C)(C#CC(=O)c1ccco1)OC. The van der Waals surface area contributed by atoms with E-state index in [4.69, 9.17) is 9.15 Å². The van der Waals surface area contributed by atoms with Gasteiger partial charge in [-0.2, -0.15) is 0 Å². The van der Waals surface area contributed by atoms with Crippen LogP contribution < -0.4 is 0 Å². The lowest BCUT2D eigenvalue weighted by atomic mass is 9.98.